The molecule has 176 valence electrons. The third-order valence-electron chi connectivity index (χ3n) is 7.69. The van der Waals surface area contributed by atoms with Gasteiger partial charge >= 0.3 is 0 Å². The van der Waals surface area contributed by atoms with Crippen LogP contribution in [0.15, 0.2) is 60.6 Å². The minimum Gasteiger partial charge on any atom is -0.349 e. The van der Waals surface area contributed by atoms with Crippen molar-refractivity contribution in [2.45, 2.75) is 58.4 Å². The van der Waals surface area contributed by atoms with Crippen LogP contribution >= 0.6 is 0 Å². The number of hydrogen-bond acceptors (Lipinski definition) is 3. The molecule has 2 heterocycles. The van der Waals surface area contributed by atoms with Gasteiger partial charge in [0, 0.05) is 18.4 Å². The molecule has 1 amide bonds. The van der Waals surface area contributed by atoms with Crippen LogP contribution in [0.25, 0.3) is 11.8 Å². The molecular formula is C28H31FN4O. The number of pyridine rings is 1. The van der Waals surface area contributed by atoms with E-state index < -0.39 is 0 Å². The minimum atomic E-state index is -0.244. The molecule has 0 spiro atoms. The molecule has 1 unspecified atom stereocenters. The van der Waals surface area contributed by atoms with Gasteiger partial charge in [-0.1, -0.05) is 25.8 Å². The van der Waals surface area contributed by atoms with Gasteiger partial charge in [-0.25, -0.2) is 9.07 Å². The number of hydrogen-bond donors (Lipinski definition) is 1. The molecule has 0 bridgehead atoms. The molecule has 34 heavy (non-hydrogen) atoms. The zero-order valence-electron chi connectivity index (χ0n) is 19.8. The maximum atomic E-state index is 13.4. The van der Waals surface area contributed by atoms with E-state index in [0.29, 0.717) is 11.5 Å². The number of benzene rings is 1. The first-order valence-electron chi connectivity index (χ1n) is 12.2. The van der Waals surface area contributed by atoms with Crippen LogP contribution in [0, 0.1) is 17.2 Å². The Hall–Kier alpha value is -3.28. The van der Waals surface area contributed by atoms with E-state index in [-0.39, 0.29) is 23.2 Å². The highest BCUT2D eigenvalue weighted by atomic mass is 19.1. The molecule has 1 saturated carbocycles. The van der Waals surface area contributed by atoms with E-state index in [4.69, 9.17) is 0 Å². The second kappa shape index (κ2) is 9.16. The lowest BCUT2D eigenvalue weighted by Crippen LogP contribution is -2.39. The van der Waals surface area contributed by atoms with Crippen molar-refractivity contribution < 1.29 is 9.18 Å². The summed E-state index contributed by atoms with van der Waals surface area (Å²) >= 11 is 0. The van der Waals surface area contributed by atoms with Crippen LogP contribution in [0.4, 0.5) is 4.39 Å². The van der Waals surface area contributed by atoms with Gasteiger partial charge in [-0.2, -0.15) is 5.10 Å². The maximum Gasteiger partial charge on any atom is 0.253 e. The van der Waals surface area contributed by atoms with Crippen LogP contribution in [0.3, 0.4) is 0 Å². The van der Waals surface area contributed by atoms with Crippen LogP contribution < -0.4 is 5.32 Å². The summed E-state index contributed by atoms with van der Waals surface area (Å²) in [5.41, 5.74) is 5.34. The number of carbonyl (C=O) groups is 1. The van der Waals surface area contributed by atoms with Crippen molar-refractivity contribution in [3.05, 3.63) is 83.2 Å². The normalized spacial score (nSPS) is 22.0. The number of aromatic nitrogens is 3. The Morgan fingerprint density at radius 3 is 2.82 bits per heavy atom. The van der Waals surface area contributed by atoms with Crippen molar-refractivity contribution in [2.24, 2.45) is 11.3 Å². The molecule has 2 aliphatic carbocycles. The van der Waals surface area contributed by atoms with Crippen LogP contribution in [0.5, 0.6) is 0 Å². The van der Waals surface area contributed by atoms with Crippen LogP contribution in [0.1, 0.15) is 67.6 Å². The van der Waals surface area contributed by atoms with Crippen molar-refractivity contribution in [1.82, 2.24) is 20.1 Å². The lowest BCUT2D eigenvalue weighted by molar-refractivity contribution is 0.0920. The lowest BCUT2D eigenvalue weighted by Gasteiger charge is -2.37. The second-order valence-electron chi connectivity index (χ2n) is 9.88. The average Bonchev–Trinajstić information content (AvgIpc) is 3.38. The summed E-state index contributed by atoms with van der Waals surface area (Å²) < 4.78 is 15.3. The molecule has 5 nitrogen and oxygen atoms in total. The number of fused-ring (bicyclic) bond motifs is 2. The first-order chi connectivity index (χ1) is 16.5. The Kier molecular flexibility index (Phi) is 6.07. The van der Waals surface area contributed by atoms with Gasteiger partial charge in [0.1, 0.15) is 5.82 Å². The maximum absolute atomic E-state index is 13.4. The highest BCUT2D eigenvalue weighted by Gasteiger charge is 2.46. The highest BCUT2D eigenvalue weighted by Crippen LogP contribution is 2.54. The molecule has 2 aliphatic rings. The monoisotopic (exact) mass is 458 g/mol. The molecule has 6 heteroatoms. The summed E-state index contributed by atoms with van der Waals surface area (Å²) in [6.45, 7) is 4.54. The van der Waals surface area contributed by atoms with E-state index in [1.165, 1.54) is 23.3 Å². The summed E-state index contributed by atoms with van der Waals surface area (Å²) in [5.74, 6) is 0.204. The summed E-state index contributed by atoms with van der Waals surface area (Å²) in [4.78, 5) is 16.9. The van der Waals surface area contributed by atoms with E-state index >= 15 is 0 Å². The third kappa shape index (κ3) is 4.17. The SMILES string of the molecule is CCCC(C[C@H]1CCC2=Cc3c(cnn3-c3ccc(F)cc3)C[C@@]21C)NC(=O)c1cccnc1. The van der Waals surface area contributed by atoms with Gasteiger partial charge in [0.05, 0.1) is 23.1 Å². The van der Waals surface area contributed by atoms with Crippen LogP contribution in [-0.4, -0.2) is 26.7 Å². The van der Waals surface area contributed by atoms with E-state index in [2.05, 4.69) is 35.3 Å². The average molecular weight is 459 g/mol. The zero-order valence-corrected chi connectivity index (χ0v) is 19.8. The fourth-order valence-electron chi connectivity index (χ4n) is 5.81. The lowest BCUT2D eigenvalue weighted by atomic mass is 9.68. The highest BCUT2D eigenvalue weighted by molar-refractivity contribution is 5.94. The standard InChI is InChI=1S/C28H31FN4O/c1-3-5-24(32-27(34)19-6-4-13-30-17-19)14-21-7-8-22-15-26-20(16-28(21,22)2)18-31-33(26)25-11-9-23(29)10-12-25/h4,6,9-13,15,17-18,21,24H,3,5,7-8,14,16H2,1-2H3,(H,32,34)/t21-,24?,28-/m1/s1. The van der Waals surface area contributed by atoms with Gasteiger partial charge in [-0.05, 0) is 91.5 Å². The fourth-order valence-corrected chi connectivity index (χ4v) is 5.81. The predicted molar refractivity (Wildman–Crippen MR) is 131 cm³/mol. The summed E-state index contributed by atoms with van der Waals surface area (Å²) in [6.07, 6.45) is 13.7. The van der Waals surface area contributed by atoms with E-state index in [9.17, 15) is 9.18 Å². The Labute approximate surface area is 200 Å². The van der Waals surface area contributed by atoms with Crippen LogP contribution in [0.2, 0.25) is 0 Å². The van der Waals surface area contributed by atoms with Gasteiger partial charge in [0.15, 0.2) is 0 Å². The zero-order chi connectivity index (χ0) is 23.7. The number of carbonyl (C=O) groups excluding carboxylic acids is 1. The van der Waals surface area contributed by atoms with E-state index in [1.807, 2.05) is 16.9 Å². The molecule has 3 atom stereocenters. The van der Waals surface area contributed by atoms with Gasteiger partial charge in [-0.15, -0.1) is 0 Å². The predicted octanol–water partition coefficient (Wildman–Crippen LogP) is 5.75. The van der Waals surface area contributed by atoms with Gasteiger partial charge in [0.2, 0.25) is 0 Å². The molecule has 1 N–H and O–H groups in total. The molecular weight excluding hydrogens is 427 g/mol. The van der Waals surface area contributed by atoms with Crippen molar-refractivity contribution >= 4 is 12.0 Å². The second-order valence-corrected chi connectivity index (χ2v) is 9.88. The van der Waals surface area contributed by atoms with E-state index in [0.717, 1.165) is 49.9 Å². The number of amides is 1. The Balaban J connectivity index is 1.35. The Morgan fingerprint density at radius 1 is 1.26 bits per heavy atom. The largest absolute Gasteiger partial charge is 0.349 e. The molecule has 1 fully saturated rings. The molecule has 0 radical (unpaired) electrons. The number of rotatable bonds is 7. The van der Waals surface area contributed by atoms with Crippen molar-refractivity contribution in [2.75, 3.05) is 0 Å². The molecule has 1 aromatic carbocycles. The molecule has 3 aromatic rings. The minimum absolute atomic E-state index is 0.0445. The van der Waals surface area contributed by atoms with Gasteiger partial charge in [-0.3, -0.25) is 9.78 Å². The van der Waals surface area contributed by atoms with Crippen molar-refractivity contribution in [3.63, 3.8) is 0 Å². The first kappa shape index (κ1) is 22.5. The number of allylic oxidation sites excluding steroid dienone is 1. The van der Waals surface area contributed by atoms with Crippen LogP contribution in [-0.2, 0) is 6.42 Å². The summed E-state index contributed by atoms with van der Waals surface area (Å²) in [7, 11) is 0. The smallest absolute Gasteiger partial charge is 0.253 e. The molecule has 0 aliphatic heterocycles. The Bertz CT molecular complexity index is 1200. The third-order valence-corrected chi connectivity index (χ3v) is 7.69. The topological polar surface area (TPSA) is 59.8 Å². The number of nitrogens with zero attached hydrogens (tertiary/aromatic N) is 3. The van der Waals surface area contributed by atoms with Gasteiger partial charge < -0.3 is 5.32 Å². The van der Waals surface area contributed by atoms with E-state index in [1.54, 1.807) is 30.6 Å². The molecule has 2 aromatic heterocycles. The van der Waals surface area contributed by atoms with Crippen molar-refractivity contribution in [3.8, 4) is 5.69 Å². The first-order valence-corrected chi connectivity index (χ1v) is 12.2. The molecule has 0 saturated heterocycles. The summed E-state index contributed by atoms with van der Waals surface area (Å²) in [6, 6.07) is 10.2. The summed E-state index contributed by atoms with van der Waals surface area (Å²) in [5, 5.41) is 7.91. The fraction of sp³-hybridized carbons (Fsp3) is 0.393. The number of halogens is 1. The molecule has 5 rings (SSSR count). The van der Waals surface area contributed by atoms with Crippen molar-refractivity contribution in [1.29, 1.82) is 0 Å². The Morgan fingerprint density at radius 2 is 2.09 bits per heavy atom. The number of nitrogens with one attached hydrogen (secondary N) is 1. The quantitative estimate of drug-likeness (QED) is 0.490. The van der Waals surface area contributed by atoms with Gasteiger partial charge in [0.25, 0.3) is 5.91 Å².